The zero-order valence-corrected chi connectivity index (χ0v) is 19.7. The van der Waals surface area contributed by atoms with Gasteiger partial charge in [0, 0.05) is 45.0 Å². The van der Waals surface area contributed by atoms with Crippen LogP contribution in [0.5, 0.6) is 0 Å². The zero-order chi connectivity index (χ0) is 22.9. The second-order valence-corrected chi connectivity index (χ2v) is 8.96. The molecule has 0 aliphatic carbocycles. The van der Waals surface area contributed by atoms with Gasteiger partial charge < -0.3 is 16.0 Å². The van der Waals surface area contributed by atoms with Gasteiger partial charge in [-0.1, -0.05) is 36.4 Å². The van der Waals surface area contributed by atoms with Gasteiger partial charge in [-0.3, -0.25) is 0 Å². The number of rotatable bonds is 6. The zero-order valence-electron chi connectivity index (χ0n) is 19.7. The van der Waals surface area contributed by atoms with E-state index >= 15 is 0 Å². The third-order valence-electron chi connectivity index (χ3n) is 6.51. The molecule has 33 heavy (non-hydrogen) atoms. The Bertz CT molecular complexity index is 1330. The van der Waals surface area contributed by atoms with Crippen LogP contribution in [0.2, 0.25) is 0 Å². The summed E-state index contributed by atoms with van der Waals surface area (Å²) < 4.78 is 4.92. The molecule has 5 rings (SSSR count). The van der Waals surface area contributed by atoms with E-state index in [0.29, 0.717) is 6.67 Å². The number of imidazole rings is 1. The molecule has 0 unspecified atom stereocenters. The first kappa shape index (κ1) is 21.4. The lowest BCUT2D eigenvalue weighted by Crippen LogP contribution is -2.31. The molecule has 168 valence electrons. The Balaban J connectivity index is 1.68. The second kappa shape index (κ2) is 8.85. The Morgan fingerprint density at radius 3 is 2.61 bits per heavy atom. The van der Waals surface area contributed by atoms with Crippen molar-refractivity contribution in [3.05, 3.63) is 89.2 Å². The minimum atomic E-state index is 0.473. The van der Waals surface area contributed by atoms with Gasteiger partial charge in [0.1, 0.15) is 5.69 Å². The summed E-state index contributed by atoms with van der Waals surface area (Å²) in [6.45, 7) is 4.43. The molecule has 1 aliphatic rings. The quantitative estimate of drug-likeness (QED) is 0.350. The maximum atomic E-state index is 5.67. The van der Waals surface area contributed by atoms with Crippen LogP contribution in [0.15, 0.2) is 66.7 Å². The van der Waals surface area contributed by atoms with Gasteiger partial charge in [0.25, 0.3) is 5.82 Å². The molecule has 0 spiro atoms. The van der Waals surface area contributed by atoms with Crippen molar-refractivity contribution in [3.8, 4) is 5.69 Å². The Hall–Kier alpha value is -3.41. The van der Waals surface area contributed by atoms with Crippen LogP contribution in [0.25, 0.3) is 28.4 Å². The summed E-state index contributed by atoms with van der Waals surface area (Å²) >= 11 is 0. The van der Waals surface area contributed by atoms with Crippen molar-refractivity contribution >= 4 is 28.4 Å². The van der Waals surface area contributed by atoms with Crippen molar-refractivity contribution in [2.24, 2.45) is 5.73 Å². The number of fused-ring (bicyclic) bond motifs is 3. The lowest BCUT2D eigenvalue weighted by Gasteiger charge is -2.12. The van der Waals surface area contributed by atoms with Gasteiger partial charge in [-0.25, -0.2) is 4.57 Å². The summed E-state index contributed by atoms with van der Waals surface area (Å²) in [7, 11) is 4.15. The number of nitrogens with zero attached hydrogens (tertiary/aromatic N) is 3. The number of benzene rings is 3. The van der Waals surface area contributed by atoms with Crippen LogP contribution in [-0.4, -0.2) is 25.3 Å². The average molecular weight is 439 g/mol. The van der Waals surface area contributed by atoms with E-state index in [9.17, 15) is 0 Å². The predicted octanol–water partition coefficient (Wildman–Crippen LogP) is 4.24. The van der Waals surface area contributed by atoms with Crippen molar-refractivity contribution in [1.82, 2.24) is 9.88 Å². The predicted molar refractivity (Wildman–Crippen MR) is 137 cm³/mol. The standard InChI is InChI=1S/C28H32N5/c1-20-8-9-22(18-30-19-29)17-27(20)33-26-7-5-4-6-25(26)32-15-14-23(28(32)33)16-21-10-12-24(13-11-21)31(2)3/h4-13,16-17,30H,14-15,18-19,29H2,1-3H3/q+1. The number of aromatic nitrogens is 2. The van der Waals surface area contributed by atoms with Crippen molar-refractivity contribution in [2.75, 3.05) is 25.7 Å². The Kier molecular flexibility index (Phi) is 5.75. The second-order valence-electron chi connectivity index (χ2n) is 8.96. The van der Waals surface area contributed by atoms with E-state index in [4.69, 9.17) is 5.73 Å². The van der Waals surface area contributed by atoms with Gasteiger partial charge in [0.15, 0.2) is 11.0 Å². The summed E-state index contributed by atoms with van der Waals surface area (Å²) in [4.78, 5) is 2.13. The van der Waals surface area contributed by atoms with Crippen molar-refractivity contribution in [1.29, 1.82) is 0 Å². The fourth-order valence-electron chi connectivity index (χ4n) is 4.79. The summed E-state index contributed by atoms with van der Waals surface area (Å²) in [5.74, 6) is 1.28. The highest BCUT2D eigenvalue weighted by atomic mass is 15.2. The largest absolute Gasteiger partial charge is 0.378 e. The molecule has 3 N–H and O–H groups in total. The van der Waals surface area contributed by atoms with E-state index < -0.39 is 0 Å². The Labute approximate surface area is 195 Å². The van der Waals surface area contributed by atoms with Crippen LogP contribution in [-0.2, 0) is 13.1 Å². The third-order valence-corrected chi connectivity index (χ3v) is 6.51. The Morgan fingerprint density at radius 2 is 1.85 bits per heavy atom. The number of para-hydroxylation sites is 2. The highest BCUT2D eigenvalue weighted by Crippen LogP contribution is 2.33. The molecule has 4 aromatic rings. The van der Waals surface area contributed by atoms with E-state index in [-0.39, 0.29) is 0 Å². The lowest BCUT2D eigenvalue weighted by molar-refractivity contribution is -0.664. The van der Waals surface area contributed by atoms with Gasteiger partial charge >= 0.3 is 0 Å². The van der Waals surface area contributed by atoms with E-state index in [0.717, 1.165) is 19.5 Å². The van der Waals surface area contributed by atoms with E-state index in [1.165, 1.54) is 50.5 Å². The van der Waals surface area contributed by atoms with Crippen LogP contribution >= 0.6 is 0 Å². The Morgan fingerprint density at radius 1 is 1.06 bits per heavy atom. The molecular formula is C28H32N5+. The highest BCUT2D eigenvalue weighted by Gasteiger charge is 2.34. The van der Waals surface area contributed by atoms with Crippen LogP contribution in [0.1, 0.15) is 28.9 Å². The van der Waals surface area contributed by atoms with Crippen molar-refractivity contribution in [2.45, 2.75) is 26.4 Å². The minimum absolute atomic E-state index is 0.473. The molecule has 5 heteroatoms. The smallest absolute Gasteiger partial charge is 0.291 e. The summed E-state index contributed by atoms with van der Waals surface area (Å²) in [5.41, 5.74) is 15.7. The summed E-state index contributed by atoms with van der Waals surface area (Å²) in [6.07, 6.45) is 3.38. The number of allylic oxidation sites excluding steroid dienone is 1. The maximum absolute atomic E-state index is 5.67. The molecule has 0 saturated carbocycles. The molecule has 0 fully saturated rings. The topological polar surface area (TPSA) is 50.1 Å². The molecule has 1 aliphatic heterocycles. The number of anilines is 1. The number of nitrogens with two attached hydrogens (primary N) is 1. The monoisotopic (exact) mass is 438 g/mol. The van der Waals surface area contributed by atoms with Crippen molar-refractivity contribution < 1.29 is 4.57 Å². The van der Waals surface area contributed by atoms with Crippen LogP contribution in [0, 0.1) is 6.92 Å². The molecule has 1 aromatic heterocycles. The SMILES string of the molecule is Cc1ccc(CNCN)cc1-n1c2[n+](c3ccccc31)CC/C2=C\c1ccc(N(C)C)cc1. The van der Waals surface area contributed by atoms with Crippen LogP contribution in [0.4, 0.5) is 5.69 Å². The maximum Gasteiger partial charge on any atom is 0.291 e. The summed E-state index contributed by atoms with van der Waals surface area (Å²) in [6, 6.07) is 24.2. The van der Waals surface area contributed by atoms with E-state index in [1.54, 1.807) is 0 Å². The molecule has 3 aromatic carbocycles. The molecule has 0 amide bonds. The number of nitrogens with one attached hydrogen (secondary N) is 1. The normalized spacial score (nSPS) is 14.2. The highest BCUT2D eigenvalue weighted by molar-refractivity contribution is 5.85. The van der Waals surface area contributed by atoms with Crippen LogP contribution < -0.4 is 20.5 Å². The average Bonchev–Trinajstić information content (AvgIpc) is 3.37. The summed E-state index contributed by atoms with van der Waals surface area (Å²) in [5, 5.41) is 3.25. The molecule has 0 bridgehead atoms. The first-order chi connectivity index (χ1) is 16.1. The van der Waals surface area contributed by atoms with Gasteiger partial charge in [0.05, 0.1) is 6.54 Å². The van der Waals surface area contributed by atoms with Gasteiger partial charge in [-0.05, 0) is 60.0 Å². The van der Waals surface area contributed by atoms with Crippen molar-refractivity contribution in [3.63, 3.8) is 0 Å². The number of aryl methyl sites for hydroxylation is 2. The molecule has 0 saturated heterocycles. The molecule has 2 heterocycles. The third kappa shape index (κ3) is 3.94. The first-order valence-corrected chi connectivity index (χ1v) is 11.6. The van der Waals surface area contributed by atoms with Gasteiger partial charge in [-0.2, -0.15) is 4.57 Å². The minimum Gasteiger partial charge on any atom is -0.378 e. The fourth-order valence-corrected chi connectivity index (χ4v) is 4.79. The van der Waals surface area contributed by atoms with E-state index in [1.807, 2.05) is 0 Å². The fraction of sp³-hybridized carbons (Fsp3) is 0.250. The van der Waals surface area contributed by atoms with Gasteiger partial charge in [0.2, 0.25) is 0 Å². The molecule has 0 atom stereocenters. The lowest BCUT2D eigenvalue weighted by atomic mass is 10.1. The first-order valence-electron chi connectivity index (χ1n) is 11.6. The number of hydrogen-bond donors (Lipinski definition) is 2. The molecule has 5 nitrogen and oxygen atoms in total. The van der Waals surface area contributed by atoms with E-state index in [2.05, 4.69) is 113 Å². The molecule has 0 radical (unpaired) electrons. The number of hydrogen-bond acceptors (Lipinski definition) is 3. The van der Waals surface area contributed by atoms with Gasteiger partial charge in [-0.15, -0.1) is 0 Å². The molecular weight excluding hydrogens is 406 g/mol. The van der Waals surface area contributed by atoms with Crippen LogP contribution in [0.3, 0.4) is 0 Å².